The molecule has 26 heavy (non-hydrogen) atoms. The van der Waals surface area contributed by atoms with Gasteiger partial charge >= 0.3 is 0 Å². The fraction of sp³-hybridized carbons (Fsp3) is 0.211. The van der Waals surface area contributed by atoms with Gasteiger partial charge in [0.2, 0.25) is 5.16 Å². The summed E-state index contributed by atoms with van der Waals surface area (Å²) in [4.78, 5) is 0. The zero-order chi connectivity index (χ0) is 18.4. The highest BCUT2D eigenvalue weighted by molar-refractivity contribution is 9.10. The standard InChI is InChI=1S/C19H18BrClN4S/c1-2-5-18-23-24-19(26-13-14-8-10-16(21)11-9-14)25(18)22-12-15-6-3-4-7-17(15)20/h3-4,6-12H,2,5,13H2,1H3/b22-12-. The fourth-order valence-corrected chi connectivity index (χ4v) is 3.68. The first-order chi connectivity index (χ1) is 12.7. The Bertz CT molecular complexity index is 893. The lowest BCUT2D eigenvalue weighted by Gasteiger charge is -2.05. The van der Waals surface area contributed by atoms with Gasteiger partial charge in [-0.1, -0.05) is 76.5 Å². The molecule has 0 amide bonds. The van der Waals surface area contributed by atoms with E-state index < -0.39 is 0 Å². The number of rotatable bonds is 7. The van der Waals surface area contributed by atoms with Gasteiger partial charge in [-0.2, -0.15) is 9.78 Å². The van der Waals surface area contributed by atoms with Crippen LogP contribution >= 0.6 is 39.3 Å². The lowest BCUT2D eigenvalue weighted by Crippen LogP contribution is -2.00. The van der Waals surface area contributed by atoms with Crippen molar-refractivity contribution in [3.8, 4) is 0 Å². The molecule has 0 saturated carbocycles. The third kappa shape index (κ3) is 4.96. The van der Waals surface area contributed by atoms with Crippen LogP contribution in [0.1, 0.15) is 30.3 Å². The van der Waals surface area contributed by atoms with Crippen molar-refractivity contribution >= 4 is 45.5 Å². The first kappa shape index (κ1) is 19.1. The van der Waals surface area contributed by atoms with E-state index in [1.807, 2.05) is 59.4 Å². The van der Waals surface area contributed by atoms with Crippen LogP contribution in [0.25, 0.3) is 0 Å². The van der Waals surface area contributed by atoms with Crippen LogP contribution < -0.4 is 0 Å². The van der Waals surface area contributed by atoms with Gasteiger partial charge in [-0.25, -0.2) is 0 Å². The van der Waals surface area contributed by atoms with Gasteiger partial charge in [-0.15, -0.1) is 10.2 Å². The minimum absolute atomic E-state index is 0.741. The molecule has 0 unspecified atom stereocenters. The smallest absolute Gasteiger partial charge is 0.191 e. The topological polar surface area (TPSA) is 43.1 Å². The predicted molar refractivity (Wildman–Crippen MR) is 112 cm³/mol. The third-order valence-electron chi connectivity index (χ3n) is 3.65. The van der Waals surface area contributed by atoms with Gasteiger partial charge in [0.25, 0.3) is 0 Å². The van der Waals surface area contributed by atoms with Gasteiger partial charge in [0.15, 0.2) is 5.82 Å². The number of benzene rings is 2. The summed E-state index contributed by atoms with van der Waals surface area (Å²) >= 11 is 11.1. The molecule has 0 radical (unpaired) electrons. The maximum Gasteiger partial charge on any atom is 0.212 e. The Balaban J connectivity index is 1.81. The Morgan fingerprint density at radius 3 is 2.65 bits per heavy atom. The van der Waals surface area contributed by atoms with E-state index in [1.54, 1.807) is 11.8 Å². The molecule has 7 heteroatoms. The number of aromatic nitrogens is 3. The van der Waals surface area contributed by atoms with Gasteiger partial charge in [-0.05, 0) is 30.2 Å². The molecule has 0 aliphatic carbocycles. The minimum Gasteiger partial charge on any atom is -0.191 e. The van der Waals surface area contributed by atoms with E-state index in [0.29, 0.717) is 0 Å². The molecule has 3 rings (SSSR count). The Morgan fingerprint density at radius 2 is 1.92 bits per heavy atom. The molecule has 0 aliphatic heterocycles. The van der Waals surface area contributed by atoms with Crippen molar-refractivity contribution < 1.29 is 0 Å². The monoisotopic (exact) mass is 448 g/mol. The van der Waals surface area contributed by atoms with Crippen molar-refractivity contribution in [1.29, 1.82) is 0 Å². The summed E-state index contributed by atoms with van der Waals surface area (Å²) in [6.07, 6.45) is 3.66. The maximum absolute atomic E-state index is 5.95. The van der Waals surface area contributed by atoms with Crippen LogP contribution in [-0.4, -0.2) is 21.1 Å². The summed E-state index contributed by atoms with van der Waals surface area (Å²) in [5.74, 6) is 1.65. The summed E-state index contributed by atoms with van der Waals surface area (Å²) in [6, 6.07) is 15.8. The molecular weight excluding hydrogens is 432 g/mol. The zero-order valence-electron chi connectivity index (χ0n) is 14.3. The second-order valence-corrected chi connectivity index (χ2v) is 7.88. The van der Waals surface area contributed by atoms with E-state index in [2.05, 4.69) is 38.2 Å². The van der Waals surface area contributed by atoms with Crippen LogP contribution in [0, 0.1) is 0 Å². The van der Waals surface area contributed by atoms with Crippen molar-refractivity contribution in [3.05, 3.63) is 75.0 Å². The molecule has 4 nitrogen and oxygen atoms in total. The lowest BCUT2D eigenvalue weighted by molar-refractivity contribution is 0.700. The summed E-state index contributed by atoms with van der Waals surface area (Å²) in [7, 11) is 0. The summed E-state index contributed by atoms with van der Waals surface area (Å²) < 4.78 is 2.84. The Hall–Kier alpha value is -1.63. The van der Waals surface area contributed by atoms with Gasteiger partial charge < -0.3 is 0 Å². The van der Waals surface area contributed by atoms with Crippen LogP contribution in [-0.2, 0) is 12.2 Å². The van der Waals surface area contributed by atoms with E-state index in [0.717, 1.165) is 44.6 Å². The second kappa shape index (κ2) is 9.35. The average Bonchev–Trinajstić information content (AvgIpc) is 3.03. The van der Waals surface area contributed by atoms with Gasteiger partial charge in [-0.3, -0.25) is 0 Å². The van der Waals surface area contributed by atoms with Gasteiger partial charge in [0, 0.05) is 27.2 Å². The van der Waals surface area contributed by atoms with Crippen LogP contribution in [0.2, 0.25) is 5.02 Å². The van der Waals surface area contributed by atoms with Crippen LogP contribution in [0.3, 0.4) is 0 Å². The number of thioether (sulfide) groups is 1. The molecule has 3 aromatic rings. The highest BCUT2D eigenvalue weighted by Gasteiger charge is 2.11. The largest absolute Gasteiger partial charge is 0.212 e. The van der Waals surface area contributed by atoms with E-state index in [9.17, 15) is 0 Å². The molecule has 0 aliphatic rings. The number of halogens is 2. The predicted octanol–water partition coefficient (Wildman–Crippen LogP) is 5.82. The Kier molecular flexibility index (Phi) is 6.88. The first-order valence-corrected chi connectivity index (χ1v) is 10.4. The number of hydrogen-bond acceptors (Lipinski definition) is 4. The van der Waals surface area contributed by atoms with Gasteiger partial charge in [0.1, 0.15) is 0 Å². The van der Waals surface area contributed by atoms with Crippen LogP contribution in [0.5, 0.6) is 0 Å². The first-order valence-electron chi connectivity index (χ1n) is 8.27. The molecule has 0 atom stereocenters. The summed E-state index contributed by atoms with van der Waals surface area (Å²) in [5, 5.41) is 14.8. The normalized spacial score (nSPS) is 11.3. The average molecular weight is 450 g/mol. The van der Waals surface area contributed by atoms with E-state index in [-0.39, 0.29) is 0 Å². The third-order valence-corrected chi connectivity index (χ3v) is 5.61. The van der Waals surface area contributed by atoms with Crippen LogP contribution in [0.15, 0.2) is 63.3 Å². The molecule has 0 fully saturated rings. The van der Waals surface area contributed by atoms with Crippen LogP contribution in [0.4, 0.5) is 0 Å². The molecule has 0 bridgehead atoms. The summed E-state index contributed by atoms with van der Waals surface area (Å²) in [6.45, 7) is 2.12. The number of nitrogens with zero attached hydrogens (tertiary/aromatic N) is 4. The van der Waals surface area contributed by atoms with E-state index >= 15 is 0 Å². The molecule has 0 saturated heterocycles. The van der Waals surface area contributed by atoms with Crippen molar-refractivity contribution in [1.82, 2.24) is 14.9 Å². The molecule has 0 N–H and O–H groups in total. The number of hydrogen-bond donors (Lipinski definition) is 0. The highest BCUT2D eigenvalue weighted by atomic mass is 79.9. The van der Waals surface area contributed by atoms with E-state index in [1.165, 1.54) is 5.56 Å². The molecule has 1 aromatic heterocycles. The molecular formula is C19H18BrClN4S. The maximum atomic E-state index is 5.95. The van der Waals surface area contributed by atoms with Gasteiger partial charge in [0.05, 0.1) is 6.21 Å². The quantitative estimate of drug-likeness (QED) is 0.337. The molecule has 2 aromatic carbocycles. The zero-order valence-corrected chi connectivity index (χ0v) is 17.4. The lowest BCUT2D eigenvalue weighted by atomic mass is 10.2. The van der Waals surface area contributed by atoms with Crippen molar-refractivity contribution in [3.63, 3.8) is 0 Å². The Labute approximate surface area is 170 Å². The molecule has 134 valence electrons. The van der Waals surface area contributed by atoms with Crippen molar-refractivity contribution in [2.24, 2.45) is 5.10 Å². The van der Waals surface area contributed by atoms with E-state index in [4.69, 9.17) is 11.6 Å². The minimum atomic E-state index is 0.741. The SMILES string of the molecule is CCCc1nnc(SCc2ccc(Cl)cc2)n1/N=C\c1ccccc1Br. The molecule has 0 spiro atoms. The second-order valence-electron chi connectivity index (χ2n) is 5.64. The number of aryl methyl sites for hydroxylation is 1. The highest BCUT2D eigenvalue weighted by Crippen LogP contribution is 2.23. The Morgan fingerprint density at radius 1 is 1.15 bits per heavy atom. The van der Waals surface area contributed by atoms with Crippen molar-refractivity contribution in [2.75, 3.05) is 0 Å². The fourth-order valence-electron chi connectivity index (χ4n) is 2.31. The van der Waals surface area contributed by atoms with Crippen molar-refractivity contribution in [2.45, 2.75) is 30.7 Å². The molecule has 1 heterocycles. The summed E-state index contributed by atoms with van der Waals surface area (Å²) in [5.41, 5.74) is 2.19.